The summed E-state index contributed by atoms with van der Waals surface area (Å²) in [6, 6.07) is 1.99. The van der Waals surface area contributed by atoms with Crippen LogP contribution in [0.3, 0.4) is 0 Å². The summed E-state index contributed by atoms with van der Waals surface area (Å²) in [4.78, 5) is 9.08. The monoisotopic (exact) mass is 237 g/mol. The summed E-state index contributed by atoms with van der Waals surface area (Å²) < 4.78 is 5.40. The lowest BCUT2D eigenvalue weighted by molar-refractivity contribution is 0.0923. The molecule has 1 aromatic heterocycles. The van der Waals surface area contributed by atoms with Crippen molar-refractivity contribution in [1.29, 1.82) is 0 Å². The first-order chi connectivity index (χ1) is 7.92. The number of ether oxygens (including phenoxy) is 1. The highest BCUT2D eigenvalue weighted by Gasteiger charge is 2.20. The topological polar surface area (TPSA) is 47.0 Å². The van der Waals surface area contributed by atoms with Gasteiger partial charge >= 0.3 is 0 Å². The van der Waals surface area contributed by atoms with Crippen LogP contribution in [0.4, 0.5) is 5.82 Å². The van der Waals surface area contributed by atoms with Crippen molar-refractivity contribution < 1.29 is 4.74 Å². The molecule has 1 N–H and O–H groups in total. The molecule has 0 radical (unpaired) electrons. The summed E-state index contributed by atoms with van der Waals surface area (Å²) in [5.41, 5.74) is 1.04. The molecule has 1 rings (SSSR count). The Hall–Kier alpha value is -1.16. The van der Waals surface area contributed by atoms with E-state index >= 15 is 0 Å². The highest BCUT2D eigenvalue weighted by atomic mass is 16.5. The van der Waals surface area contributed by atoms with Crippen LogP contribution in [-0.4, -0.2) is 24.1 Å². The first kappa shape index (κ1) is 13.9. The van der Waals surface area contributed by atoms with Gasteiger partial charge in [-0.15, -0.1) is 0 Å². The molecule has 4 heteroatoms. The molecule has 0 spiro atoms. The second kappa shape index (κ2) is 5.45. The molecule has 1 atom stereocenters. The molecule has 0 fully saturated rings. The highest BCUT2D eigenvalue weighted by molar-refractivity contribution is 5.37. The molecule has 0 aromatic carbocycles. The van der Waals surface area contributed by atoms with E-state index in [2.05, 4.69) is 43.0 Å². The second-order valence-corrected chi connectivity index (χ2v) is 5.13. The zero-order valence-electron chi connectivity index (χ0n) is 11.7. The molecule has 96 valence electrons. The van der Waals surface area contributed by atoms with Gasteiger partial charge in [0.25, 0.3) is 0 Å². The number of rotatable bonds is 4. The molecule has 0 saturated carbocycles. The van der Waals surface area contributed by atoms with Gasteiger partial charge in [-0.1, -0.05) is 27.7 Å². The fraction of sp³-hybridized carbons (Fsp3) is 0.692. The molecular formula is C13H23N3O. The number of nitrogens with zero attached hydrogens (tertiary/aromatic N) is 2. The molecule has 0 amide bonds. The molecule has 0 aliphatic rings. The van der Waals surface area contributed by atoms with Gasteiger partial charge in [0.1, 0.15) is 11.9 Å². The summed E-state index contributed by atoms with van der Waals surface area (Å²) in [5, 5.41) is 3.08. The first-order valence-electron chi connectivity index (χ1n) is 6.02. The zero-order valence-corrected chi connectivity index (χ0v) is 11.7. The lowest BCUT2D eigenvalue weighted by Crippen LogP contribution is -2.18. The molecule has 17 heavy (non-hydrogen) atoms. The summed E-state index contributed by atoms with van der Waals surface area (Å²) >= 11 is 0. The van der Waals surface area contributed by atoms with Gasteiger partial charge in [-0.05, 0) is 6.42 Å². The Morgan fingerprint density at radius 3 is 2.41 bits per heavy atom. The van der Waals surface area contributed by atoms with Gasteiger partial charge in [-0.3, -0.25) is 0 Å². The highest BCUT2D eigenvalue weighted by Crippen LogP contribution is 2.25. The SMILES string of the molecule is CCC(OC)c1nc(NC)cc(C(C)(C)C)n1. The molecular weight excluding hydrogens is 214 g/mol. The minimum atomic E-state index is -0.0376. The molecule has 0 bridgehead atoms. The van der Waals surface area contributed by atoms with E-state index in [0.29, 0.717) is 0 Å². The lowest BCUT2D eigenvalue weighted by atomic mass is 9.92. The van der Waals surface area contributed by atoms with Crippen molar-refractivity contribution in [3.63, 3.8) is 0 Å². The predicted octanol–water partition coefficient (Wildman–Crippen LogP) is 2.91. The van der Waals surface area contributed by atoms with Crippen LogP contribution >= 0.6 is 0 Å². The molecule has 0 saturated heterocycles. The van der Waals surface area contributed by atoms with E-state index < -0.39 is 0 Å². The van der Waals surface area contributed by atoms with E-state index in [0.717, 1.165) is 23.8 Å². The van der Waals surface area contributed by atoms with Crippen LogP contribution in [0.2, 0.25) is 0 Å². The van der Waals surface area contributed by atoms with Crippen LogP contribution in [0, 0.1) is 0 Å². The minimum Gasteiger partial charge on any atom is -0.373 e. The molecule has 1 heterocycles. The Balaban J connectivity index is 3.22. The fourth-order valence-electron chi connectivity index (χ4n) is 1.58. The van der Waals surface area contributed by atoms with Gasteiger partial charge < -0.3 is 10.1 Å². The van der Waals surface area contributed by atoms with Crippen molar-refractivity contribution in [3.05, 3.63) is 17.6 Å². The summed E-state index contributed by atoms with van der Waals surface area (Å²) in [7, 11) is 3.56. The van der Waals surface area contributed by atoms with Crippen molar-refractivity contribution in [2.75, 3.05) is 19.5 Å². The standard InChI is InChI=1S/C13H23N3O/c1-7-9(17-6)12-15-10(13(2,3)4)8-11(14-5)16-12/h8-9H,7H2,1-6H3,(H,14,15,16). The third kappa shape index (κ3) is 3.40. The van der Waals surface area contributed by atoms with Crippen LogP contribution in [0.1, 0.15) is 51.7 Å². The molecule has 1 unspecified atom stereocenters. The Morgan fingerprint density at radius 1 is 1.35 bits per heavy atom. The van der Waals surface area contributed by atoms with Crippen LogP contribution < -0.4 is 5.32 Å². The fourth-order valence-corrected chi connectivity index (χ4v) is 1.58. The average Bonchev–Trinajstić information content (AvgIpc) is 2.29. The Labute approximate surface area is 104 Å². The van der Waals surface area contributed by atoms with E-state index in [9.17, 15) is 0 Å². The summed E-state index contributed by atoms with van der Waals surface area (Å²) in [5.74, 6) is 1.60. The average molecular weight is 237 g/mol. The molecule has 0 aliphatic carbocycles. The number of methoxy groups -OCH3 is 1. The van der Waals surface area contributed by atoms with Gasteiger partial charge in [-0.25, -0.2) is 9.97 Å². The van der Waals surface area contributed by atoms with Crippen molar-refractivity contribution in [2.24, 2.45) is 0 Å². The Morgan fingerprint density at radius 2 is 2.00 bits per heavy atom. The number of nitrogens with one attached hydrogen (secondary N) is 1. The number of aromatic nitrogens is 2. The quantitative estimate of drug-likeness (QED) is 0.874. The summed E-state index contributed by atoms with van der Waals surface area (Å²) in [6.45, 7) is 8.51. The maximum atomic E-state index is 5.40. The van der Waals surface area contributed by atoms with Crippen LogP contribution in [0.5, 0.6) is 0 Å². The second-order valence-electron chi connectivity index (χ2n) is 5.13. The van der Waals surface area contributed by atoms with Gasteiger partial charge in [-0.2, -0.15) is 0 Å². The molecule has 4 nitrogen and oxygen atoms in total. The van der Waals surface area contributed by atoms with Gasteiger partial charge in [0.2, 0.25) is 0 Å². The maximum absolute atomic E-state index is 5.40. The summed E-state index contributed by atoms with van der Waals surface area (Å²) in [6.07, 6.45) is 0.831. The van der Waals surface area contributed by atoms with E-state index in [1.165, 1.54) is 0 Å². The third-order valence-corrected chi connectivity index (χ3v) is 2.71. The van der Waals surface area contributed by atoms with Crippen molar-refractivity contribution in [3.8, 4) is 0 Å². The van der Waals surface area contributed by atoms with Crippen LogP contribution in [0.25, 0.3) is 0 Å². The van der Waals surface area contributed by atoms with E-state index in [4.69, 9.17) is 4.74 Å². The van der Waals surface area contributed by atoms with Crippen molar-refractivity contribution in [2.45, 2.75) is 45.6 Å². The smallest absolute Gasteiger partial charge is 0.159 e. The largest absolute Gasteiger partial charge is 0.373 e. The molecule has 1 aromatic rings. The Kier molecular flexibility index (Phi) is 4.46. The van der Waals surface area contributed by atoms with E-state index in [1.807, 2.05) is 13.1 Å². The number of hydrogen-bond acceptors (Lipinski definition) is 4. The normalized spacial score (nSPS) is 13.5. The van der Waals surface area contributed by atoms with E-state index in [1.54, 1.807) is 7.11 Å². The van der Waals surface area contributed by atoms with Crippen LogP contribution in [0.15, 0.2) is 6.07 Å². The number of anilines is 1. The van der Waals surface area contributed by atoms with Crippen molar-refractivity contribution >= 4 is 5.82 Å². The van der Waals surface area contributed by atoms with E-state index in [-0.39, 0.29) is 11.5 Å². The zero-order chi connectivity index (χ0) is 13.1. The molecule has 0 aliphatic heterocycles. The van der Waals surface area contributed by atoms with Crippen molar-refractivity contribution in [1.82, 2.24) is 9.97 Å². The Bertz CT molecular complexity index is 367. The predicted molar refractivity (Wildman–Crippen MR) is 70.3 cm³/mol. The first-order valence-corrected chi connectivity index (χ1v) is 6.02. The van der Waals surface area contributed by atoms with Gasteiger partial charge in [0.15, 0.2) is 5.82 Å². The van der Waals surface area contributed by atoms with Crippen LogP contribution in [-0.2, 0) is 10.2 Å². The third-order valence-electron chi connectivity index (χ3n) is 2.71. The number of hydrogen-bond donors (Lipinski definition) is 1. The van der Waals surface area contributed by atoms with Gasteiger partial charge in [0.05, 0.1) is 5.69 Å². The van der Waals surface area contributed by atoms with Gasteiger partial charge in [0, 0.05) is 25.6 Å². The minimum absolute atomic E-state index is 0.00925. The lowest BCUT2D eigenvalue weighted by Gasteiger charge is -2.21. The maximum Gasteiger partial charge on any atom is 0.159 e.